The van der Waals surface area contributed by atoms with Gasteiger partial charge in [-0.2, -0.15) is 5.10 Å². The van der Waals surface area contributed by atoms with E-state index in [1.165, 1.54) is 0 Å². The molecule has 0 saturated heterocycles. The summed E-state index contributed by atoms with van der Waals surface area (Å²) < 4.78 is 10.6. The highest BCUT2D eigenvalue weighted by atomic mass is 35.5. The van der Waals surface area contributed by atoms with Gasteiger partial charge in [0.25, 0.3) is 0 Å². The summed E-state index contributed by atoms with van der Waals surface area (Å²) in [4.78, 5) is 0. The number of hydrogen-bond acceptors (Lipinski definition) is 4. The Labute approximate surface area is 162 Å². The topological polar surface area (TPSA) is 73.2 Å². The molecule has 0 aliphatic carbocycles. The molecule has 1 aromatic heterocycles. The SMILES string of the molecule is COc1cc(OC)c(Cl)c(CCc2cc(-c3ccccc3N)n[nH]2)c1Cl. The number of nitrogen functional groups attached to an aromatic ring is 1. The Kier molecular flexibility index (Phi) is 5.59. The third-order valence-corrected chi connectivity index (χ3v) is 5.01. The molecule has 26 heavy (non-hydrogen) atoms. The Morgan fingerprint density at radius 2 is 1.65 bits per heavy atom. The largest absolute Gasteiger partial charge is 0.495 e. The maximum Gasteiger partial charge on any atom is 0.141 e. The summed E-state index contributed by atoms with van der Waals surface area (Å²) in [6.07, 6.45) is 1.28. The van der Waals surface area contributed by atoms with Crippen molar-refractivity contribution in [2.75, 3.05) is 20.0 Å². The van der Waals surface area contributed by atoms with Gasteiger partial charge in [-0.25, -0.2) is 0 Å². The molecule has 0 radical (unpaired) electrons. The van der Waals surface area contributed by atoms with Gasteiger partial charge in [0.15, 0.2) is 0 Å². The van der Waals surface area contributed by atoms with Gasteiger partial charge in [-0.05, 0) is 30.5 Å². The first-order valence-corrected chi connectivity index (χ1v) is 8.78. The van der Waals surface area contributed by atoms with E-state index in [-0.39, 0.29) is 0 Å². The Morgan fingerprint density at radius 1 is 1.00 bits per heavy atom. The van der Waals surface area contributed by atoms with E-state index in [4.69, 9.17) is 38.4 Å². The fraction of sp³-hybridized carbons (Fsp3) is 0.211. The lowest BCUT2D eigenvalue weighted by molar-refractivity contribution is 0.393. The molecular weight excluding hydrogens is 373 g/mol. The molecule has 2 aromatic carbocycles. The fourth-order valence-corrected chi connectivity index (χ4v) is 3.46. The Hall–Kier alpha value is -2.37. The first kappa shape index (κ1) is 18.4. The molecule has 5 nitrogen and oxygen atoms in total. The number of para-hydroxylation sites is 1. The molecule has 0 unspecified atom stereocenters. The van der Waals surface area contributed by atoms with Crippen LogP contribution in [0.4, 0.5) is 5.69 Å². The molecule has 0 atom stereocenters. The van der Waals surface area contributed by atoms with Gasteiger partial charge in [0, 0.05) is 23.0 Å². The minimum Gasteiger partial charge on any atom is -0.495 e. The molecule has 0 amide bonds. The predicted molar refractivity (Wildman–Crippen MR) is 105 cm³/mol. The van der Waals surface area contributed by atoms with Crippen LogP contribution < -0.4 is 15.2 Å². The Bertz CT molecular complexity index is 897. The third-order valence-electron chi connectivity index (χ3n) is 4.18. The van der Waals surface area contributed by atoms with E-state index in [9.17, 15) is 0 Å². The van der Waals surface area contributed by atoms with Crippen molar-refractivity contribution < 1.29 is 9.47 Å². The van der Waals surface area contributed by atoms with E-state index in [0.29, 0.717) is 40.1 Å². The van der Waals surface area contributed by atoms with Crippen molar-refractivity contribution in [1.82, 2.24) is 10.2 Å². The van der Waals surface area contributed by atoms with Gasteiger partial charge in [0.1, 0.15) is 11.5 Å². The van der Waals surface area contributed by atoms with Crippen molar-refractivity contribution in [3.63, 3.8) is 0 Å². The number of nitrogens with zero attached hydrogens (tertiary/aromatic N) is 1. The van der Waals surface area contributed by atoms with Gasteiger partial charge in [-0.1, -0.05) is 41.4 Å². The average Bonchev–Trinajstić information content (AvgIpc) is 3.11. The highest BCUT2D eigenvalue weighted by Gasteiger charge is 2.17. The number of aromatic amines is 1. The number of benzene rings is 2. The minimum absolute atomic E-state index is 0.491. The first-order valence-electron chi connectivity index (χ1n) is 8.03. The molecule has 0 saturated carbocycles. The first-order chi connectivity index (χ1) is 12.5. The molecule has 0 bridgehead atoms. The van der Waals surface area contributed by atoms with E-state index in [1.807, 2.05) is 30.3 Å². The second-order valence-electron chi connectivity index (χ2n) is 5.75. The number of methoxy groups -OCH3 is 2. The van der Waals surface area contributed by atoms with Crippen LogP contribution >= 0.6 is 23.2 Å². The summed E-state index contributed by atoms with van der Waals surface area (Å²) in [5, 5.41) is 8.38. The number of aryl methyl sites for hydroxylation is 1. The molecule has 7 heteroatoms. The molecule has 1 heterocycles. The van der Waals surface area contributed by atoms with Crippen molar-refractivity contribution in [2.24, 2.45) is 0 Å². The normalized spacial score (nSPS) is 10.8. The van der Waals surface area contributed by atoms with Crippen LogP contribution in [0, 0.1) is 0 Å². The van der Waals surface area contributed by atoms with Crippen molar-refractivity contribution in [3.05, 3.63) is 57.7 Å². The van der Waals surface area contributed by atoms with Crippen molar-refractivity contribution >= 4 is 28.9 Å². The van der Waals surface area contributed by atoms with E-state index >= 15 is 0 Å². The van der Waals surface area contributed by atoms with Gasteiger partial charge >= 0.3 is 0 Å². The number of H-pyrrole nitrogens is 1. The van der Waals surface area contributed by atoms with Crippen molar-refractivity contribution in [2.45, 2.75) is 12.8 Å². The van der Waals surface area contributed by atoms with Crippen LogP contribution in [-0.4, -0.2) is 24.4 Å². The smallest absolute Gasteiger partial charge is 0.141 e. The van der Waals surface area contributed by atoms with Crippen molar-refractivity contribution in [3.8, 4) is 22.8 Å². The zero-order valence-electron chi connectivity index (χ0n) is 14.5. The Morgan fingerprint density at radius 3 is 2.27 bits per heavy atom. The lowest BCUT2D eigenvalue weighted by Crippen LogP contribution is -1.98. The number of anilines is 1. The molecular formula is C19H19Cl2N3O2. The minimum atomic E-state index is 0.491. The van der Waals surface area contributed by atoms with Gasteiger partial charge < -0.3 is 15.2 Å². The van der Waals surface area contributed by atoms with Crippen LogP contribution in [0.3, 0.4) is 0 Å². The molecule has 0 spiro atoms. The highest BCUT2D eigenvalue weighted by molar-refractivity contribution is 6.37. The molecule has 0 aliphatic rings. The summed E-state index contributed by atoms with van der Waals surface area (Å²) in [6, 6.07) is 11.3. The third kappa shape index (κ3) is 3.59. The monoisotopic (exact) mass is 391 g/mol. The van der Waals surface area contributed by atoms with E-state index < -0.39 is 0 Å². The van der Waals surface area contributed by atoms with Crippen LogP contribution in [0.15, 0.2) is 36.4 Å². The van der Waals surface area contributed by atoms with Crippen LogP contribution in [-0.2, 0) is 12.8 Å². The molecule has 3 aromatic rings. The van der Waals surface area contributed by atoms with Gasteiger partial charge in [0.2, 0.25) is 0 Å². The highest BCUT2D eigenvalue weighted by Crippen LogP contribution is 2.40. The quantitative estimate of drug-likeness (QED) is 0.593. The van der Waals surface area contributed by atoms with Gasteiger partial charge in [-0.15, -0.1) is 0 Å². The summed E-state index contributed by atoms with van der Waals surface area (Å²) in [5.74, 6) is 1.07. The standard InChI is InChI=1S/C19H19Cl2N3O2/c1-25-16-10-17(26-2)19(21)13(18(16)20)8-7-11-9-15(24-23-11)12-5-3-4-6-14(12)22/h3-6,9-10H,7-8,22H2,1-2H3,(H,23,24). The summed E-state index contributed by atoms with van der Waals surface area (Å²) in [6.45, 7) is 0. The number of halogens is 2. The lowest BCUT2D eigenvalue weighted by atomic mass is 10.1. The van der Waals surface area contributed by atoms with Gasteiger partial charge in [-0.3, -0.25) is 5.10 Å². The van der Waals surface area contributed by atoms with E-state index in [1.54, 1.807) is 20.3 Å². The number of aromatic nitrogens is 2. The van der Waals surface area contributed by atoms with Crippen LogP contribution in [0.1, 0.15) is 11.3 Å². The van der Waals surface area contributed by atoms with E-state index in [2.05, 4.69) is 10.2 Å². The second-order valence-corrected chi connectivity index (χ2v) is 6.51. The molecule has 136 valence electrons. The zero-order valence-corrected chi connectivity index (χ0v) is 16.0. The summed E-state index contributed by atoms with van der Waals surface area (Å²) in [7, 11) is 3.12. The fourth-order valence-electron chi connectivity index (χ4n) is 2.77. The number of nitrogens with one attached hydrogen (secondary N) is 1. The van der Waals surface area contributed by atoms with Crippen LogP contribution in [0.25, 0.3) is 11.3 Å². The molecule has 3 N–H and O–H groups in total. The maximum atomic E-state index is 6.42. The summed E-state index contributed by atoms with van der Waals surface area (Å²) >= 11 is 12.8. The van der Waals surface area contributed by atoms with E-state index in [0.717, 1.165) is 22.5 Å². The maximum absolute atomic E-state index is 6.42. The summed E-state index contributed by atoms with van der Waals surface area (Å²) in [5.41, 5.74) is 10.1. The zero-order chi connectivity index (χ0) is 18.7. The van der Waals surface area contributed by atoms with Crippen LogP contribution in [0.5, 0.6) is 11.5 Å². The van der Waals surface area contributed by atoms with Gasteiger partial charge in [0.05, 0.1) is 30.0 Å². The molecule has 3 rings (SSSR count). The number of rotatable bonds is 6. The second kappa shape index (κ2) is 7.89. The number of nitrogens with two attached hydrogens (primary N) is 1. The molecule has 0 fully saturated rings. The van der Waals surface area contributed by atoms with Crippen LogP contribution in [0.2, 0.25) is 10.0 Å². The Balaban J connectivity index is 1.83. The molecule has 0 aliphatic heterocycles. The number of hydrogen-bond donors (Lipinski definition) is 2. The van der Waals surface area contributed by atoms with Crippen molar-refractivity contribution in [1.29, 1.82) is 0 Å². The lowest BCUT2D eigenvalue weighted by Gasteiger charge is -2.14. The predicted octanol–water partition coefficient (Wildman–Crippen LogP) is 4.77. The average molecular weight is 392 g/mol. The number of ether oxygens (including phenoxy) is 2.